The van der Waals surface area contributed by atoms with Crippen LogP contribution in [-0.4, -0.2) is 23.0 Å². The van der Waals surface area contributed by atoms with Crippen molar-refractivity contribution in [3.63, 3.8) is 0 Å². The zero-order valence-electron chi connectivity index (χ0n) is 10.6. The summed E-state index contributed by atoms with van der Waals surface area (Å²) in [6, 6.07) is 5.01. The van der Waals surface area contributed by atoms with Crippen LogP contribution in [0.25, 0.3) is 0 Å². The summed E-state index contributed by atoms with van der Waals surface area (Å²) >= 11 is 11.6. The van der Waals surface area contributed by atoms with Crippen molar-refractivity contribution in [2.75, 3.05) is 12.4 Å². The Kier molecular flexibility index (Phi) is 4.76. The lowest BCUT2D eigenvalue weighted by molar-refractivity contribution is 0.0601. The van der Waals surface area contributed by atoms with E-state index in [4.69, 9.17) is 23.2 Å². The zero-order chi connectivity index (χ0) is 14.5. The second-order valence-electron chi connectivity index (χ2n) is 3.87. The molecule has 0 unspecified atom stereocenters. The maximum Gasteiger partial charge on any atom is 0.339 e. The number of esters is 1. The van der Waals surface area contributed by atoms with Crippen LogP contribution in [0.3, 0.4) is 0 Å². The first-order valence-electron chi connectivity index (χ1n) is 5.68. The molecule has 2 aromatic rings. The van der Waals surface area contributed by atoms with Crippen LogP contribution in [0.4, 0.5) is 5.69 Å². The molecular formula is C13H11Cl2N3O2. The van der Waals surface area contributed by atoms with E-state index in [1.165, 1.54) is 13.3 Å². The van der Waals surface area contributed by atoms with Gasteiger partial charge >= 0.3 is 5.97 Å². The molecular weight excluding hydrogens is 301 g/mol. The molecule has 0 spiro atoms. The average Bonchev–Trinajstić information content (AvgIpc) is 2.47. The van der Waals surface area contributed by atoms with Gasteiger partial charge in [-0.2, -0.15) is 0 Å². The highest BCUT2D eigenvalue weighted by molar-refractivity contribution is 6.33. The van der Waals surface area contributed by atoms with Crippen LogP contribution >= 0.6 is 23.2 Å². The lowest BCUT2D eigenvalue weighted by Gasteiger charge is -2.08. The van der Waals surface area contributed by atoms with Crippen LogP contribution in [0.2, 0.25) is 10.2 Å². The van der Waals surface area contributed by atoms with Gasteiger partial charge in [0.15, 0.2) is 0 Å². The third-order valence-corrected chi connectivity index (χ3v) is 3.04. The smallest absolute Gasteiger partial charge is 0.339 e. The Morgan fingerprint density at radius 3 is 2.75 bits per heavy atom. The van der Waals surface area contributed by atoms with Gasteiger partial charge in [-0.15, -0.1) is 0 Å². The maximum atomic E-state index is 11.5. The minimum atomic E-state index is -0.482. The van der Waals surface area contributed by atoms with Gasteiger partial charge in [-0.1, -0.05) is 23.2 Å². The second-order valence-corrected chi connectivity index (χ2v) is 4.66. The molecule has 0 saturated carbocycles. The summed E-state index contributed by atoms with van der Waals surface area (Å²) in [5.41, 5.74) is 1.76. The minimum absolute atomic E-state index is 0.307. The van der Waals surface area contributed by atoms with E-state index in [9.17, 15) is 4.79 Å². The van der Waals surface area contributed by atoms with E-state index in [-0.39, 0.29) is 0 Å². The number of nitrogens with zero attached hydrogens (tertiary/aromatic N) is 2. The van der Waals surface area contributed by atoms with Gasteiger partial charge in [-0.25, -0.2) is 9.78 Å². The number of hydrogen-bond donors (Lipinski definition) is 1. The van der Waals surface area contributed by atoms with Gasteiger partial charge in [0.2, 0.25) is 0 Å². The lowest BCUT2D eigenvalue weighted by Crippen LogP contribution is -2.05. The monoisotopic (exact) mass is 311 g/mol. The molecule has 104 valence electrons. The van der Waals surface area contributed by atoms with E-state index in [1.54, 1.807) is 24.4 Å². The fourth-order valence-corrected chi connectivity index (χ4v) is 1.82. The largest absolute Gasteiger partial charge is 0.465 e. The van der Waals surface area contributed by atoms with Crippen LogP contribution in [0.5, 0.6) is 0 Å². The number of nitrogens with one attached hydrogen (secondary N) is 1. The molecule has 1 aromatic heterocycles. The third-order valence-electron chi connectivity index (χ3n) is 2.52. The van der Waals surface area contributed by atoms with Crippen molar-refractivity contribution in [1.82, 2.24) is 9.97 Å². The molecule has 20 heavy (non-hydrogen) atoms. The summed E-state index contributed by atoms with van der Waals surface area (Å²) < 4.78 is 4.66. The number of anilines is 1. The number of ether oxygens (including phenoxy) is 1. The minimum Gasteiger partial charge on any atom is -0.465 e. The molecule has 0 bridgehead atoms. The molecule has 7 heteroatoms. The van der Waals surface area contributed by atoms with Crippen molar-refractivity contribution in [1.29, 1.82) is 0 Å². The second kappa shape index (κ2) is 6.54. The van der Waals surface area contributed by atoms with E-state index in [0.717, 1.165) is 11.4 Å². The van der Waals surface area contributed by atoms with E-state index >= 15 is 0 Å². The van der Waals surface area contributed by atoms with Crippen molar-refractivity contribution in [3.05, 3.63) is 52.0 Å². The summed E-state index contributed by atoms with van der Waals surface area (Å²) in [4.78, 5) is 19.6. The number of hydrogen-bond acceptors (Lipinski definition) is 5. The van der Waals surface area contributed by atoms with Crippen molar-refractivity contribution in [2.24, 2.45) is 0 Å². The first-order valence-corrected chi connectivity index (χ1v) is 6.44. The fourth-order valence-electron chi connectivity index (χ4n) is 1.52. The lowest BCUT2D eigenvalue weighted by atomic mass is 10.2. The first-order chi connectivity index (χ1) is 9.60. The predicted octanol–water partition coefficient (Wildman–Crippen LogP) is 3.18. The summed E-state index contributed by atoms with van der Waals surface area (Å²) in [5.74, 6) is -0.482. The summed E-state index contributed by atoms with van der Waals surface area (Å²) in [6.07, 6.45) is 3.05. The molecule has 1 aromatic carbocycles. The first kappa shape index (κ1) is 14.6. The quantitative estimate of drug-likeness (QED) is 0.879. The topological polar surface area (TPSA) is 64.1 Å². The Labute approximate surface area is 125 Å². The molecule has 2 rings (SSSR count). The molecule has 0 atom stereocenters. The van der Waals surface area contributed by atoms with Crippen LogP contribution in [-0.2, 0) is 11.3 Å². The van der Waals surface area contributed by atoms with Gasteiger partial charge < -0.3 is 10.1 Å². The van der Waals surface area contributed by atoms with Crippen LogP contribution < -0.4 is 5.32 Å². The molecule has 0 saturated heterocycles. The molecule has 0 aliphatic rings. The van der Waals surface area contributed by atoms with Crippen molar-refractivity contribution in [3.8, 4) is 0 Å². The Bertz CT molecular complexity index is 618. The van der Waals surface area contributed by atoms with E-state index in [2.05, 4.69) is 20.0 Å². The molecule has 5 nitrogen and oxygen atoms in total. The molecule has 0 aliphatic heterocycles. The summed E-state index contributed by atoms with van der Waals surface area (Å²) in [5, 5.41) is 3.80. The van der Waals surface area contributed by atoms with Gasteiger partial charge in [0.1, 0.15) is 5.15 Å². The molecule has 1 N–H and O–H groups in total. The SMILES string of the molecule is COC(=O)c1cc(NCc2cnc(Cl)cn2)ccc1Cl. The van der Waals surface area contributed by atoms with Gasteiger partial charge in [-0.05, 0) is 18.2 Å². The fraction of sp³-hybridized carbons (Fsp3) is 0.154. The molecule has 0 radical (unpaired) electrons. The van der Waals surface area contributed by atoms with Crippen LogP contribution in [0, 0.1) is 0 Å². The summed E-state index contributed by atoms with van der Waals surface area (Å²) in [7, 11) is 1.31. The van der Waals surface area contributed by atoms with E-state index in [0.29, 0.717) is 22.3 Å². The third kappa shape index (κ3) is 3.59. The van der Waals surface area contributed by atoms with Gasteiger partial charge in [-0.3, -0.25) is 4.98 Å². The van der Waals surface area contributed by atoms with E-state index in [1.807, 2.05) is 0 Å². The van der Waals surface area contributed by atoms with Gasteiger partial charge in [0.25, 0.3) is 0 Å². The predicted molar refractivity (Wildman–Crippen MR) is 77.2 cm³/mol. The number of aromatic nitrogens is 2. The van der Waals surface area contributed by atoms with Crippen molar-refractivity contribution < 1.29 is 9.53 Å². The normalized spacial score (nSPS) is 10.2. The Morgan fingerprint density at radius 2 is 2.10 bits per heavy atom. The maximum absolute atomic E-state index is 11.5. The summed E-state index contributed by atoms with van der Waals surface area (Å²) in [6.45, 7) is 0.451. The number of rotatable bonds is 4. The average molecular weight is 312 g/mol. The van der Waals surface area contributed by atoms with E-state index < -0.39 is 5.97 Å². The number of halogens is 2. The highest BCUT2D eigenvalue weighted by Crippen LogP contribution is 2.21. The Hall–Kier alpha value is -1.85. The molecule has 0 amide bonds. The number of carbonyl (C=O) groups is 1. The standard InChI is InChI=1S/C13H11Cl2N3O2/c1-20-13(19)10-4-8(2-3-11(10)14)16-5-9-6-18-12(15)7-17-9/h2-4,6-7,16H,5H2,1H3. The number of carbonyl (C=O) groups excluding carboxylic acids is 1. The van der Waals surface area contributed by atoms with Gasteiger partial charge in [0.05, 0.1) is 42.3 Å². The molecule has 0 aliphatic carbocycles. The van der Waals surface area contributed by atoms with Gasteiger partial charge in [0, 0.05) is 5.69 Å². The molecule has 0 fully saturated rings. The number of methoxy groups -OCH3 is 1. The highest BCUT2D eigenvalue weighted by atomic mass is 35.5. The Balaban J connectivity index is 2.10. The zero-order valence-corrected chi connectivity index (χ0v) is 12.1. The Morgan fingerprint density at radius 1 is 1.30 bits per heavy atom. The molecule has 1 heterocycles. The van der Waals surface area contributed by atoms with Crippen LogP contribution in [0.1, 0.15) is 16.1 Å². The number of benzene rings is 1. The van der Waals surface area contributed by atoms with Crippen molar-refractivity contribution >= 4 is 34.9 Å². The highest BCUT2D eigenvalue weighted by Gasteiger charge is 2.11. The van der Waals surface area contributed by atoms with Crippen LogP contribution in [0.15, 0.2) is 30.6 Å². The van der Waals surface area contributed by atoms with Crippen molar-refractivity contribution in [2.45, 2.75) is 6.54 Å².